The number of fused-ring (bicyclic) bond motifs is 1. The maximum atomic E-state index is 9.89. The van der Waals surface area contributed by atoms with Gasteiger partial charge in [-0.15, -0.1) is 0 Å². The maximum absolute atomic E-state index is 9.89. The number of hydrazine groups is 1. The summed E-state index contributed by atoms with van der Waals surface area (Å²) in [5, 5.41) is 12.1. The normalized spacial score (nSPS) is 22.4. The van der Waals surface area contributed by atoms with Crippen LogP contribution in [-0.2, 0) is 0 Å². The van der Waals surface area contributed by atoms with Crippen molar-refractivity contribution < 1.29 is 5.11 Å². The first kappa shape index (κ1) is 17.4. The second-order valence-corrected chi connectivity index (χ2v) is 6.47. The van der Waals surface area contributed by atoms with E-state index in [-0.39, 0.29) is 11.3 Å². The lowest BCUT2D eigenvalue weighted by atomic mass is 9.87. The smallest absolute Gasteiger partial charge is 0.128 e. The maximum Gasteiger partial charge on any atom is 0.128 e. The summed E-state index contributed by atoms with van der Waals surface area (Å²) in [7, 11) is 2.09. The molecule has 1 aromatic rings. The number of benzene rings is 1. The quantitative estimate of drug-likeness (QED) is 0.810. The van der Waals surface area contributed by atoms with Crippen molar-refractivity contribution in [2.75, 3.05) is 13.6 Å². The van der Waals surface area contributed by atoms with E-state index in [4.69, 9.17) is 0 Å². The Balaban J connectivity index is 0.000000924. The molecule has 2 aliphatic rings. The molecular formula is C19H29N3O. The molecule has 1 aromatic carbocycles. The molecule has 0 saturated carbocycles. The van der Waals surface area contributed by atoms with Crippen LogP contribution in [0.2, 0.25) is 0 Å². The van der Waals surface area contributed by atoms with E-state index in [0.717, 1.165) is 17.8 Å². The van der Waals surface area contributed by atoms with E-state index in [2.05, 4.69) is 67.1 Å². The summed E-state index contributed by atoms with van der Waals surface area (Å²) >= 11 is 0. The fraction of sp³-hybridized carbons (Fsp3) is 0.474. The summed E-state index contributed by atoms with van der Waals surface area (Å²) in [6.07, 6.45) is 1.01. The van der Waals surface area contributed by atoms with Crippen LogP contribution in [0, 0.1) is 0 Å². The molecule has 2 aliphatic heterocycles. The zero-order chi connectivity index (χ0) is 17.2. The first-order valence-electron chi connectivity index (χ1n) is 8.35. The summed E-state index contributed by atoms with van der Waals surface area (Å²) in [4.78, 5) is 2.25. The third kappa shape index (κ3) is 3.08. The van der Waals surface area contributed by atoms with Crippen LogP contribution in [0.3, 0.4) is 0 Å². The average molecular weight is 315 g/mol. The number of nitrogens with one attached hydrogen (secondary N) is 1. The van der Waals surface area contributed by atoms with Gasteiger partial charge in [0.1, 0.15) is 11.6 Å². The van der Waals surface area contributed by atoms with Crippen molar-refractivity contribution in [1.82, 2.24) is 15.3 Å². The minimum absolute atomic E-state index is 0.0282. The van der Waals surface area contributed by atoms with Crippen LogP contribution in [0.15, 0.2) is 54.1 Å². The summed E-state index contributed by atoms with van der Waals surface area (Å²) in [5.41, 5.74) is 5.53. The molecule has 1 fully saturated rings. The van der Waals surface area contributed by atoms with Crippen LogP contribution in [-0.4, -0.2) is 34.1 Å². The van der Waals surface area contributed by atoms with Gasteiger partial charge in [-0.25, -0.2) is 5.43 Å². The molecular weight excluding hydrogens is 286 g/mol. The third-order valence-corrected chi connectivity index (χ3v) is 4.53. The monoisotopic (exact) mass is 315 g/mol. The van der Waals surface area contributed by atoms with Gasteiger partial charge in [-0.2, -0.15) is 0 Å². The van der Waals surface area contributed by atoms with E-state index in [1.165, 1.54) is 5.56 Å². The minimum Gasteiger partial charge on any atom is -0.508 e. The topological polar surface area (TPSA) is 38.7 Å². The third-order valence-electron chi connectivity index (χ3n) is 4.53. The molecule has 0 aliphatic carbocycles. The number of aliphatic hydroxyl groups excluding tert-OH is 1. The van der Waals surface area contributed by atoms with Crippen molar-refractivity contribution in [2.45, 2.75) is 45.7 Å². The molecule has 0 bridgehead atoms. The van der Waals surface area contributed by atoms with Crippen molar-refractivity contribution in [3.8, 4) is 0 Å². The van der Waals surface area contributed by atoms with Gasteiger partial charge in [0.15, 0.2) is 0 Å². The van der Waals surface area contributed by atoms with Crippen molar-refractivity contribution in [3.63, 3.8) is 0 Å². The Bertz CT molecular complexity index is 592. The van der Waals surface area contributed by atoms with Crippen LogP contribution < -0.4 is 5.43 Å². The van der Waals surface area contributed by atoms with Gasteiger partial charge in [0.25, 0.3) is 0 Å². The van der Waals surface area contributed by atoms with Crippen LogP contribution in [0.4, 0.5) is 0 Å². The van der Waals surface area contributed by atoms with E-state index < -0.39 is 0 Å². The molecule has 1 unspecified atom stereocenters. The number of nitrogens with zero attached hydrogens (tertiary/aromatic N) is 2. The molecule has 3 rings (SSSR count). The van der Waals surface area contributed by atoms with Gasteiger partial charge in [-0.05, 0) is 25.8 Å². The first-order valence-corrected chi connectivity index (χ1v) is 8.35. The molecule has 23 heavy (non-hydrogen) atoms. The second kappa shape index (κ2) is 6.67. The fourth-order valence-electron chi connectivity index (χ4n) is 3.42. The lowest BCUT2D eigenvalue weighted by molar-refractivity contribution is 0.00139. The molecule has 0 spiro atoms. The molecule has 1 saturated heterocycles. The largest absolute Gasteiger partial charge is 0.508 e. The van der Waals surface area contributed by atoms with Gasteiger partial charge in [0.2, 0.25) is 0 Å². The summed E-state index contributed by atoms with van der Waals surface area (Å²) in [5.74, 6) is 1.18. The van der Waals surface area contributed by atoms with Crippen molar-refractivity contribution >= 4 is 0 Å². The highest BCUT2D eigenvalue weighted by atomic mass is 16.3. The first-order chi connectivity index (χ1) is 10.9. The highest BCUT2D eigenvalue weighted by Gasteiger charge is 2.45. The lowest BCUT2D eigenvalue weighted by Gasteiger charge is -2.51. The molecule has 1 atom stereocenters. The molecule has 4 heteroatoms. The highest BCUT2D eigenvalue weighted by Crippen LogP contribution is 2.43. The van der Waals surface area contributed by atoms with Gasteiger partial charge in [-0.1, -0.05) is 50.8 Å². The Morgan fingerprint density at radius 2 is 1.87 bits per heavy atom. The van der Waals surface area contributed by atoms with Gasteiger partial charge >= 0.3 is 0 Å². The summed E-state index contributed by atoms with van der Waals surface area (Å²) < 4.78 is 0. The predicted molar refractivity (Wildman–Crippen MR) is 95.6 cm³/mol. The molecule has 0 aromatic heterocycles. The SMILES string of the molecule is C=C(O)C1=C2N(C)C(c3ccccc3)CC(C)(C)N2NC1.CC. The van der Waals surface area contributed by atoms with Crippen molar-refractivity contribution in [2.24, 2.45) is 0 Å². The summed E-state index contributed by atoms with van der Waals surface area (Å²) in [6, 6.07) is 10.8. The summed E-state index contributed by atoms with van der Waals surface area (Å²) in [6.45, 7) is 12.8. The Labute approximate surface area is 140 Å². The molecule has 0 radical (unpaired) electrons. The highest BCUT2D eigenvalue weighted by molar-refractivity contribution is 5.35. The molecule has 4 nitrogen and oxygen atoms in total. The van der Waals surface area contributed by atoms with Gasteiger partial charge in [0, 0.05) is 13.6 Å². The molecule has 2 N–H and O–H groups in total. The van der Waals surface area contributed by atoms with Gasteiger partial charge in [0.05, 0.1) is 17.2 Å². The van der Waals surface area contributed by atoms with Crippen LogP contribution in [0.25, 0.3) is 0 Å². The standard InChI is InChI=1S/C17H23N3O.C2H6/c1-12(21)14-11-18-20-16(14)19(4)15(10-17(20,2)3)13-8-6-5-7-9-13;1-2/h5-9,15,18,21H,1,10-11H2,2-4H3;1-2H3. The van der Waals surface area contributed by atoms with E-state index in [0.29, 0.717) is 12.6 Å². The van der Waals surface area contributed by atoms with E-state index in [9.17, 15) is 5.11 Å². The van der Waals surface area contributed by atoms with Gasteiger partial charge < -0.3 is 10.0 Å². The number of hydrogen-bond donors (Lipinski definition) is 2. The van der Waals surface area contributed by atoms with Crippen LogP contribution >= 0.6 is 0 Å². The Kier molecular flexibility index (Phi) is 5.05. The van der Waals surface area contributed by atoms with Crippen LogP contribution in [0.1, 0.15) is 45.7 Å². The van der Waals surface area contributed by atoms with Gasteiger partial charge in [-0.3, -0.25) is 5.01 Å². The lowest BCUT2D eigenvalue weighted by Crippen LogP contribution is -2.56. The number of aliphatic hydroxyl groups is 1. The van der Waals surface area contributed by atoms with E-state index >= 15 is 0 Å². The average Bonchev–Trinajstić information content (AvgIpc) is 3.01. The molecule has 2 heterocycles. The zero-order valence-corrected chi connectivity index (χ0v) is 14.9. The number of rotatable bonds is 2. The second-order valence-electron chi connectivity index (χ2n) is 6.47. The molecule has 126 valence electrons. The Morgan fingerprint density at radius 3 is 2.43 bits per heavy atom. The Hall–Kier alpha value is -1.94. The molecule has 0 amide bonds. The van der Waals surface area contributed by atoms with E-state index in [1.54, 1.807) is 0 Å². The predicted octanol–water partition coefficient (Wildman–Crippen LogP) is 3.97. The van der Waals surface area contributed by atoms with Crippen molar-refractivity contribution in [3.05, 3.63) is 59.6 Å². The van der Waals surface area contributed by atoms with E-state index in [1.807, 2.05) is 19.9 Å². The number of hydrogen-bond acceptors (Lipinski definition) is 4. The minimum atomic E-state index is -0.0282. The van der Waals surface area contributed by atoms with Crippen LogP contribution in [0.5, 0.6) is 0 Å². The Morgan fingerprint density at radius 1 is 1.26 bits per heavy atom. The van der Waals surface area contributed by atoms with Crippen molar-refractivity contribution in [1.29, 1.82) is 0 Å². The zero-order valence-electron chi connectivity index (χ0n) is 14.9. The fourth-order valence-corrected chi connectivity index (χ4v) is 3.42.